The fourth-order valence-corrected chi connectivity index (χ4v) is 2.57. The number of hydrogen-bond acceptors (Lipinski definition) is 5. The molecule has 0 aromatic heterocycles. The van der Waals surface area contributed by atoms with E-state index in [-0.39, 0.29) is 5.96 Å². The molecule has 5 nitrogen and oxygen atoms in total. The minimum absolute atomic E-state index is 0.213. The molecule has 0 spiro atoms. The highest BCUT2D eigenvalue weighted by atomic mass is 15.4. The summed E-state index contributed by atoms with van der Waals surface area (Å²) in [6, 6.07) is 14.3. The van der Waals surface area contributed by atoms with Gasteiger partial charge in [0.05, 0.1) is 0 Å². The highest BCUT2D eigenvalue weighted by Crippen LogP contribution is 2.29. The zero-order valence-corrected chi connectivity index (χ0v) is 11.5. The maximum Gasteiger partial charge on any atom is 0.220 e. The van der Waals surface area contributed by atoms with Crippen molar-refractivity contribution in [3.63, 3.8) is 0 Å². The first-order chi connectivity index (χ1) is 9.47. The molecule has 0 radical (unpaired) electrons. The van der Waals surface area contributed by atoms with Crippen LogP contribution in [0, 0.1) is 0 Å². The van der Waals surface area contributed by atoms with Crippen molar-refractivity contribution in [3.05, 3.63) is 42.5 Å². The smallest absolute Gasteiger partial charge is 0.220 e. The lowest BCUT2D eigenvalue weighted by Gasteiger charge is -2.38. The largest absolute Gasteiger partial charge is 0.369 e. The average Bonchev–Trinajstić information content (AvgIpc) is 2.36. The standard InChI is InChI=1S/C15H17N5/c1-15(2)19-13(16)18-14(17)20(15)12-8-7-10-5-3-4-6-11(10)9-12/h3-9H,1-2H3,(H4,16,17,18,19). The molecule has 5 heteroatoms. The molecule has 3 rings (SSSR count). The van der Waals surface area contributed by atoms with Crippen LogP contribution in [0.15, 0.2) is 52.4 Å². The molecule has 0 amide bonds. The molecule has 0 bridgehead atoms. The van der Waals surface area contributed by atoms with Gasteiger partial charge in [-0.1, -0.05) is 30.3 Å². The SMILES string of the molecule is CC1(C)N=C(N)N=C(N)N1c1ccc2ccccc2c1. The zero-order chi connectivity index (χ0) is 14.3. The van der Waals surface area contributed by atoms with Gasteiger partial charge in [0.25, 0.3) is 0 Å². The van der Waals surface area contributed by atoms with E-state index in [1.54, 1.807) is 0 Å². The van der Waals surface area contributed by atoms with Crippen molar-refractivity contribution < 1.29 is 0 Å². The van der Waals surface area contributed by atoms with Crippen molar-refractivity contribution in [3.8, 4) is 0 Å². The van der Waals surface area contributed by atoms with Crippen LogP contribution in [0.5, 0.6) is 0 Å². The monoisotopic (exact) mass is 267 g/mol. The van der Waals surface area contributed by atoms with Gasteiger partial charge in [-0.2, -0.15) is 4.99 Å². The summed E-state index contributed by atoms with van der Waals surface area (Å²) in [5, 5.41) is 2.33. The molecule has 4 N–H and O–H groups in total. The van der Waals surface area contributed by atoms with E-state index in [0.29, 0.717) is 5.96 Å². The van der Waals surface area contributed by atoms with E-state index in [9.17, 15) is 0 Å². The van der Waals surface area contributed by atoms with Gasteiger partial charge in [0, 0.05) is 5.69 Å². The highest BCUT2D eigenvalue weighted by molar-refractivity contribution is 6.06. The lowest BCUT2D eigenvalue weighted by atomic mass is 10.1. The Hall–Kier alpha value is -2.56. The van der Waals surface area contributed by atoms with Crippen LogP contribution in [0.1, 0.15) is 13.8 Å². The summed E-state index contributed by atoms with van der Waals surface area (Å²) in [4.78, 5) is 10.3. The maximum absolute atomic E-state index is 6.04. The third-order valence-electron chi connectivity index (χ3n) is 3.38. The summed E-state index contributed by atoms with van der Waals surface area (Å²) in [6.07, 6.45) is 0. The van der Waals surface area contributed by atoms with Crippen molar-refractivity contribution >= 4 is 28.4 Å². The first-order valence-electron chi connectivity index (χ1n) is 6.46. The number of aliphatic imine (C=N–C) groups is 2. The van der Waals surface area contributed by atoms with Crippen LogP contribution in [0.4, 0.5) is 5.69 Å². The minimum Gasteiger partial charge on any atom is -0.369 e. The second-order valence-corrected chi connectivity index (χ2v) is 5.30. The molecule has 0 aliphatic carbocycles. The number of anilines is 1. The van der Waals surface area contributed by atoms with E-state index in [4.69, 9.17) is 11.5 Å². The summed E-state index contributed by atoms with van der Waals surface area (Å²) in [6.45, 7) is 3.91. The molecule has 0 atom stereocenters. The van der Waals surface area contributed by atoms with Crippen molar-refractivity contribution in [2.45, 2.75) is 19.5 Å². The predicted molar refractivity (Wildman–Crippen MR) is 83.8 cm³/mol. The Morgan fingerprint density at radius 1 is 1.00 bits per heavy atom. The van der Waals surface area contributed by atoms with E-state index in [0.717, 1.165) is 11.1 Å². The van der Waals surface area contributed by atoms with Gasteiger partial charge in [0.15, 0.2) is 0 Å². The van der Waals surface area contributed by atoms with Crippen LogP contribution in [0.2, 0.25) is 0 Å². The normalized spacial score (nSPS) is 17.8. The van der Waals surface area contributed by atoms with Crippen LogP contribution in [-0.4, -0.2) is 17.6 Å². The number of benzene rings is 2. The second kappa shape index (κ2) is 4.23. The van der Waals surface area contributed by atoms with Crippen LogP contribution >= 0.6 is 0 Å². The summed E-state index contributed by atoms with van der Waals surface area (Å²) in [5.41, 5.74) is 12.1. The Kier molecular flexibility index (Phi) is 2.64. The maximum atomic E-state index is 6.04. The van der Waals surface area contributed by atoms with Crippen LogP contribution in [-0.2, 0) is 0 Å². The van der Waals surface area contributed by atoms with E-state index in [1.807, 2.05) is 36.9 Å². The van der Waals surface area contributed by atoms with Gasteiger partial charge < -0.3 is 11.5 Å². The fraction of sp³-hybridized carbons (Fsp3) is 0.200. The topological polar surface area (TPSA) is 80.0 Å². The molecule has 1 heterocycles. The van der Waals surface area contributed by atoms with Crippen molar-refractivity contribution in [2.75, 3.05) is 4.90 Å². The molecule has 1 aliphatic heterocycles. The Bertz CT molecular complexity index is 730. The van der Waals surface area contributed by atoms with Crippen molar-refractivity contribution in [2.24, 2.45) is 21.5 Å². The summed E-state index contributed by atoms with van der Waals surface area (Å²) >= 11 is 0. The zero-order valence-electron chi connectivity index (χ0n) is 11.5. The molecular formula is C15H17N5. The third-order valence-corrected chi connectivity index (χ3v) is 3.38. The van der Waals surface area contributed by atoms with Gasteiger partial charge in [-0.3, -0.25) is 4.90 Å². The number of hydrogen-bond donors (Lipinski definition) is 2. The lowest BCUT2D eigenvalue weighted by Crippen LogP contribution is -2.54. The predicted octanol–water partition coefficient (Wildman–Crippen LogP) is 2.03. The van der Waals surface area contributed by atoms with Gasteiger partial charge in [0.2, 0.25) is 11.9 Å². The highest BCUT2D eigenvalue weighted by Gasteiger charge is 2.32. The average molecular weight is 267 g/mol. The van der Waals surface area contributed by atoms with E-state index in [1.165, 1.54) is 5.39 Å². The van der Waals surface area contributed by atoms with E-state index >= 15 is 0 Å². The molecule has 0 fully saturated rings. The van der Waals surface area contributed by atoms with Gasteiger partial charge in [0.1, 0.15) is 5.66 Å². The first kappa shape index (κ1) is 12.5. The van der Waals surface area contributed by atoms with Gasteiger partial charge >= 0.3 is 0 Å². The second-order valence-electron chi connectivity index (χ2n) is 5.30. The van der Waals surface area contributed by atoms with Gasteiger partial charge in [-0.15, -0.1) is 0 Å². The molecule has 102 valence electrons. The Morgan fingerprint density at radius 3 is 2.40 bits per heavy atom. The quantitative estimate of drug-likeness (QED) is 0.829. The Labute approximate surface area is 117 Å². The molecule has 0 saturated carbocycles. The number of rotatable bonds is 1. The van der Waals surface area contributed by atoms with Crippen LogP contribution in [0.3, 0.4) is 0 Å². The van der Waals surface area contributed by atoms with Crippen molar-refractivity contribution in [1.29, 1.82) is 0 Å². The Morgan fingerprint density at radius 2 is 1.70 bits per heavy atom. The van der Waals surface area contributed by atoms with E-state index in [2.05, 4.69) is 34.3 Å². The molecule has 0 unspecified atom stereocenters. The summed E-state index contributed by atoms with van der Waals surface area (Å²) in [7, 11) is 0. The molecule has 2 aromatic carbocycles. The fourth-order valence-electron chi connectivity index (χ4n) is 2.57. The first-order valence-corrected chi connectivity index (χ1v) is 6.46. The number of nitrogens with zero attached hydrogens (tertiary/aromatic N) is 3. The number of guanidine groups is 2. The molecular weight excluding hydrogens is 250 g/mol. The molecule has 0 saturated heterocycles. The number of nitrogens with two attached hydrogens (primary N) is 2. The van der Waals surface area contributed by atoms with Crippen LogP contribution < -0.4 is 16.4 Å². The molecule has 2 aromatic rings. The van der Waals surface area contributed by atoms with E-state index < -0.39 is 5.66 Å². The molecule has 1 aliphatic rings. The Balaban J connectivity index is 2.13. The minimum atomic E-state index is -0.557. The molecule has 20 heavy (non-hydrogen) atoms. The third kappa shape index (κ3) is 1.97. The van der Waals surface area contributed by atoms with Crippen LogP contribution in [0.25, 0.3) is 10.8 Å². The van der Waals surface area contributed by atoms with Gasteiger partial charge in [-0.05, 0) is 36.8 Å². The summed E-state index contributed by atoms with van der Waals surface area (Å²) in [5.74, 6) is 0.572. The van der Waals surface area contributed by atoms with Gasteiger partial charge in [-0.25, -0.2) is 4.99 Å². The summed E-state index contributed by atoms with van der Waals surface area (Å²) < 4.78 is 0. The number of fused-ring (bicyclic) bond motifs is 1. The van der Waals surface area contributed by atoms with Crippen molar-refractivity contribution in [1.82, 2.24) is 0 Å². The lowest BCUT2D eigenvalue weighted by molar-refractivity contribution is 0.534.